The summed E-state index contributed by atoms with van der Waals surface area (Å²) in [5, 5.41) is 9.28. The fraction of sp³-hybridized carbons (Fsp3) is 0.231. The van der Waals surface area contributed by atoms with Gasteiger partial charge in [0.1, 0.15) is 4.47 Å². The number of ether oxygens (including phenoxy) is 1. The number of anilines is 1. The smallest absolute Gasteiger partial charge is 0.280 e. The molecule has 0 saturated carbocycles. The molecule has 0 spiro atoms. The highest BCUT2D eigenvalue weighted by Gasteiger charge is 2.04. The number of benzene rings is 1. The molecule has 0 aliphatic carbocycles. The third kappa shape index (κ3) is 3.65. The van der Waals surface area contributed by atoms with Gasteiger partial charge in [-0.15, -0.1) is 0 Å². The van der Waals surface area contributed by atoms with Crippen LogP contribution in [0.25, 0.3) is 0 Å². The molecule has 1 heterocycles. The van der Waals surface area contributed by atoms with Gasteiger partial charge >= 0.3 is 0 Å². The zero-order chi connectivity index (χ0) is 13.7. The van der Waals surface area contributed by atoms with Crippen molar-refractivity contribution in [3.63, 3.8) is 0 Å². The first-order valence-electron chi connectivity index (χ1n) is 5.74. The van der Waals surface area contributed by atoms with E-state index < -0.39 is 0 Å². The van der Waals surface area contributed by atoms with E-state index in [0.29, 0.717) is 23.3 Å². The van der Waals surface area contributed by atoms with Crippen LogP contribution in [0.5, 0.6) is 0 Å². The number of rotatable bonds is 5. The quantitative estimate of drug-likeness (QED) is 0.886. The Morgan fingerprint density at radius 2 is 2.21 bits per heavy atom. The fourth-order valence-electron chi connectivity index (χ4n) is 1.70. The molecule has 6 heteroatoms. The first kappa shape index (κ1) is 13.8. The minimum Gasteiger partial charge on any atom is -0.380 e. The Morgan fingerprint density at radius 1 is 1.42 bits per heavy atom. The van der Waals surface area contributed by atoms with Gasteiger partial charge in [0.2, 0.25) is 0 Å². The fourth-order valence-corrected chi connectivity index (χ4v) is 2.03. The molecule has 1 aromatic carbocycles. The van der Waals surface area contributed by atoms with Crippen LogP contribution in [-0.4, -0.2) is 17.3 Å². The Hall–Kier alpha value is -1.66. The molecule has 100 valence electrons. The lowest BCUT2D eigenvalue weighted by Crippen LogP contribution is -2.12. The lowest BCUT2D eigenvalue weighted by molar-refractivity contribution is 0.185. The zero-order valence-corrected chi connectivity index (χ0v) is 12.0. The molecule has 0 unspecified atom stereocenters. The van der Waals surface area contributed by atoms with E-state index in [1.54, 1.807) is 13.3 Å². The van der Waals surface area contributed by atoms with E-state index in [4.69, 9.17) is 4.74 Å². The molecule has 0 aliphatic rings. The van der Waals surface area contributed by atoms with Crippen LogP contribution in [0.2, 0.25) is 0 Å². The Labute approximate surface area is 119 Å². The Kier molecular flexibility index (Phi) is 4.70. The molecule has 1 aromatic heterocycles. The van der Waals surface area contributed by atoms with Gasteiger partial charge in [0, 0.05) is 13.7 Å². The minimum atomic E-state index is -0.252. The summed E-state index contributed by atoms with van der Waals surface area (Å²) in [6, 6.07) is 8.07. The summed E-state index contributed by atoms with van der Waals surface area (Å²) in [4.78, 5) is 11.4. The molecular weight excluding hydrogens is 310 g/mol. The molecule has 2 aromatic rings. The standard InChI is InChI=1S/C13H14BrN3O2/c1-19-8-10-4-2-3-9(5-10)6-15-11-7-16-17-13(18)12(11)14/h2-5,7H,6,8H2,1H3,(H2,15,17,18). The van der Waals surface area contributed by atoms with Crippen molar-refractivity contribution < 1.29 is 4.74 Å². The topological polar surface area (TPSA) is 67.0 Å². The summed E-state index contributed by atoms with van der Waals surface area (Å²) in [6.45, 7) is 1.20. The molecule has 19 heavy (non-hydrogen) atoms. The van der Waals surface area contributed by atoms with Crippen molar-refractivity contribution >= 4 is 21.6 Å². The zero-order valence-electron chi connectivity index (χ0n) is 10.4. The molecule has 2 N–H and O–H groups in total. The molecule has 0 fully saturated rings. The molecule has 0 atom stereocenters. The van der Waals surface area contributed by atoms with Crippen molar-refractivity contribution in [2.45, 2.75) is 13.2 Å². The van der Waals surface area contributed by atoms with Crippen molar-refractivity contribution in [3.05, 3.63) is 56.4 Å². The van der Waals surface area contributed by atoms with Crippen molar-refractivity contribution in [3.8, 4) is 0 Å². The predicted octanol–water partition coefficient (Wildman–Crippen LogP) is 2.29. The lowest BCUT2D eigenvalue weighted by Gasteiger charge is -2.08. The maximum atomic E-state index is 11.4. The van der Waals surface area contributed by atoms with Gasteiger partial charge in [-0.25, -0.2) is 5.10 Å². The summed E-state index contributed by atoms with van der Waals surface area (Å²) in [6.07, 6.45) is 1.57. The number of H-pyrrole nitrogens is 1. The number of methoxy groups -OCH3 is 1. The van der Waals surface area contributed by atoms with Crippen LogP contribution in [0.4, 0.5) is 5.69 Å². The van der Waals surface area contributed by atoms with E-state index >= 15 is 0 Å². The van der Waals surface area contributed by atoms with Crippen LogP contribution in [-0.2, 0) is 17.9 Å². The van der Waals surface area contributed by atoms with Crippen LogP contribution in [0.15, 0.2) is 39.7 Å². The Bertz CT molecular complexity index is 613. The van der Waals surface area contributed by atoms with Crippen LogP contribution >= 0.6 is 15.9 Å². The predicted molar refractivity (Wildman–Crippen MR) is 77.0 cm³/mol. The molecule has 5 nitrogen and oxygen atoms in total. The monoisotopic (exact) mass is 323 g/mol. The summed E-state index contributed by atoms with van der Waals surface area (Å²) in [5.41, 5.74) is 2.64. The van der Waals surface area contributed by atoms with Gasteiger partial charge < -0.3 is 10.1 Å². The second-order valence-electron chi connectivity index (χ2n) is 4.03. The second kappa shape index (κ2) is 6.49. The first-order chi connectivity index (χ1) is 9.20. The van der Waals surface area contributed by atoms with Gasteiger partial charge in [-0.2, -0.15) is 5.10 Å². The summed E-state index contributed by atoms with van der Waals surface area (Å²) in [5.74, 6) is 0. The van der Waals surface area contributed by atoms with Gasteiger partial charge in [0.15, 0.2) is 0 Å². The normalized spacial score (nSPS) is 10.4. The summed E-state index contributed by atoms with van der Waals surface area (Å²) >= 11 is 3.23. The van der Waals surface area contributed by atoms with Crippen LogP contribution in [0.1, 0.15) is 11.1 Å². The SMILES string of the molecule is COCc1cccc(CNc2cn[nH]c(=O)c2Br)c1. The number of hydrogen-bond donors (Lipinski definition) is 2. The van der Waals surface area contributed by atoms with Crippen molar-refractivity contribution in [2.24, 2.45) is 0 Å². The largest absolute Gasteiger partial charge is 0.380 e. The van der Waals surface area contributed by atoms with Gasteiger partial charge in [0.25, 0.3) is 5.56 Å². The average Bonchev–Trinajstić information content (AvgIpc) is 2.41. The number of nitrogens with one attached hydrogen (secondary N) is 2. The number of aromatic nitrogens is 2. The molecular formula is C13H14BrN3O2. The number of aromatic amines is 1. The summed E-state index contributed by atoms with van der Waals surface area (Å²) < 4.78 is 5.55. The minimum absolute atomic E-state index is 0.252. The Morgan fingerprint density at radius 3 is 3.00 bits per heavy atom. The first-order valence-corrected chi connectivity index (χ1v) is 6.54. The molecule has 0 saturated heterocycles. The number of halogens is 1. The van der Waals surface area contributed by atoms with E-state index in [2.05, 4.69) is 37.5 Å². The molecule has 0 bridgehead atoms. The van der Waals surface area contributed by atoms with Gasteiger partial charge in [-0.1, -0.05) is 24.3 Å². The highest BCUT2D eigenvalue weighted by molar-refractivity contribution is 9.10. The maximum Gasteiger partial charge on any atom is 0.280 e. The second-order valence-corrected chi connectivity index (χ2v) is 4.83. The van der Waals surface area contributed by atoms with Gasteiger partial charge in [-0.3, -0.25) is 4.79 Å². The third-order valence-corrected chi connectivity index (χ3v) is 3.37. The molecule has 2 rings (SSSR count). The number of hydrogen-bond acceptors (Lipinski definition) is 4. The van der Waals surface area contributed by atoms with E-state index in [1.807, 2.05) is 18.2 Å². The van der Waals surface area contributed by atoms with Crippen molar-refractivity contribution in [1.82, 2.24) is 10.2 Å². The average molecular weight is 324 g/mol. The van der Waals surface area contributed by atoms with Crippen molar-refractivity contribution in [2.75, 3.05) is 12.4 Å². The van der Waals surface area contributed by atoms with Crippen LogP contribution in [0, 0.1) is 0 Å². The van der Waals surface area contributed by atoms with Crippen LogP contribution < -0.4 is 10.9 Å². The highest BCUT2D eigenvalue weighted by atomic mass is 79.9. The van der Waals surface area contributed by atoms with E-state index in [-0.39, 0.29) is 5.56 Å². The van der Waals surface area contributed by atoms with Crippen LogP contribution in [0.3, 0.4) is 0 Å². The Balaban J connectivity index is 2.08. The van der Waals surface area contributed by atoms with Crippen molar-refractivity contribution in [1.29, 1.82) is 0 Å². The van der Waals surface area contributed by atoms with Gasteiger partial charge in [-0.05, 0) is 27.1 Å². The molecule has 0 aliphatic heterocycles. The highest BCUT2D eigenvalue weighted by Crippen LogP contribution is 2.16. The molecule has 0 radical (unpaired) electrons. The third-order valence-electron chi connectivity index (χ3n) is 2.58. The van der Waals surface area contributed by atoms with E-state index in [0.717, 1.165) is 11.1 Å². The van der Waals surface area contributed by atoms with Gasteiger partial charge in [0.05, 0.1) is 18.5 Å². The summed E-state index contributed by atoms with van der Waals surface area (Å²) in [7, 11) is 1.67. The van der Waals surface area contributed by atoms with E-state index in [1.165, 1.54) is 0 Å². The number of nitrogens with zero attached hydrogens (tertiary/aromatic N) is 1. The molecule has 0 amide bonds. The maximum absolute atomic E-state index is 11.4. The lowest BCUT2D eigenvalue weighted by atomic mass is 10.1. The van der Waals surface area contributed by atoms with E-state index in [9.17, 15) is 4.79 Å².